The van der Waals surface area contributed by atoms with Crippen LogP contribution in [0.3, 0.4) is 0 Å². The van der Waals surface area contributed by atoms with Crippen LogP contribution in [0.5, 0.6) is 0 Å². The van der Waals surface area contributed by atoms with Crippen LogP contribution < -0.4 is 10.9 Å². The van der Waals surface area contributed by atoms with E-state index >= 15 is 4.39 Å². The van der Waals surface area contributed by atoms with Gasteiger partial charge in [0.15, 0.2) is 0 Å². The summed E-state index contributed by atoms with van der Waals surface area (Å²) in [5, 5.41) is 12.1. The molecule has 2 N–H and O–H groups in total. The lowest BCUT2D eigenvalue weighted by molar-refractivity contribution is -0.138. The van der Waals surface area contributed by atoms with Crippen molar-refractivity contribution >= 4 is 41.2 Å². The molecule has 3 aromatic carbocycles. The van der Waals surface area contributed by atoms with Gasteiger partial charge in [0.2, 0.25) is 5.62 Å². The molecular weight excluding hydrogens is 698 g/mol. The van der Waals surface area contributed by atoms with Crippen LogP contribution in [-0.2, 0) is 29.3 Å². The van der Waals surface area contributed by atoms with Gasteiger partial charge in [-0.05, 0) is 73.9 Å². The number of aromatic nitrogens is 2. The number of carbonyl (C=O) groups is 3. The number of hydrogen-bond donors (Lipinski definition) is 2. The molecule has 4 aromatic rings. The number of carboxylic acid groups (broad SMARTS) is 1. The second-order valence-electron chi connectivity index (χ2n) is 11.9. The van der Waals surface area contributed by atoms with E-state index in [4.69, 9.17) is 27.9 Å². The first kappa shape index (κ1) is 37.1. The molecular formula is C33H29Cl2F5N4O5. The Morgan fingerprint density at radius 1 is 0.959 bits per heavy atom. The fourth-order valence-corrected chi connectivity index (χ4v) is 5.17. The van der Waals surface area contributed by atoms with E-state index in [0.717, 1.165) is 18.2 Å². The number of amides is 2. The Morgan fingerprint density at radius 2 is 1.65 bits per heavy atom. The van der Waals surface area contributed by atoms with Crippen LogP contribution in [-0.4, -0.2) is 37.8 Å². The number of carboxylic acids is 1. The molecule has 1 unspecified atom stereocenters. The highest BCUT2D eigenvalue weighted by Crippen LogP contribution is 2.39. The van der Waals surface area contributed by atoms with Crippen molar-refractivity contribution in [3.63, 3.8) is 0 Å². The average Bonchev–Trinajstić information content (AvgIpc) is 3.31. The molecule has 0 aliphatic carbocycles. The van der Waals surface area contributed by atoms with Crippen molar-refractivity contribution in [1.29, 1.82) is 0 Å². The van der Waals surface area contributed by atoms with Crippen LogP contribution in [0.1, 0.15) is 60.3 Å². The molecule has 16 heteroatoms. The highest BCUT2D eigenvalue weighted by molar-refractivity contribution is 6.42. The number of benzene rings is 3. The van der Waals surface area contributed by atoms with Gasteiger partial charge in [0, 0.05) is 25.0 Å². The van der Waals surface area contributed by atoms with E-state index in [0.29, 0.717) is 6.07 Å². The number of aliphatic carboxylic acids is 1. The smallest absolute Gasteiger partial charge is 0.437 e. The van der Waals surface area contributed by atoms with Gasteiger partial charge >= 0.3 is 18.2 Å². The standard InChI is InChI=1S/C33H29Cl2F5N4O5/c1-32(2,3)49-31(48)42-30-43(4)9-10-44(30)16-17-11-21(20-7-6-19(36)14-23(20)33(38,39)40)28(37)22(12-17)29(47)41-26(15-27(45)46)18-5-8-24(34)25(35)13-18/h5-14,26H,15-16H2,1-4H3,(H,41,47)(H,45,46). The van der Waals surface area contributed by atoms with Gasteiger partial charge in [-0.25, -0.2) is 13.6 Å². The number of aryl methyl sites for hydroxylation is 1. The quantitative estimate of drug-likeness (QED) is 0.179. The van der Waals surface area contributed by atoms with Gasteiger partial charge < -0.3 is 24.3 Å². The molecule has 0 fully saturated rings. The molecule has 1 heterocycles. The lowest BCUT2D eigenvalue weighted by Crippen LogP contribution is -2.31. The Hall–Kier alpha value is -4.69. The van der Waals surface area contributed by atoms with Gasteiger partial charge in [-0.15, -0.1) is 4.99 Å². The fourth-order valence-electron chi connectivity index (χ4n) is 4.86. The first-order chi connectivity index (χ1) is 22.7. The second-order valence-corrected chi connectivity index (χ2v) is 12.7. The maximum Gasteiger partial charge on any atom is 0.437 e. The summed E-state index contributed by atoms with van der Waals surface area (Å²) in [6.07, 6.45) is -3.72. The molecule has 9 nitrogen and oxygen atoms in total. The number of alkyl halides is 3. The predicted molar refractivity (Wildman–Crippen MR) is 170 cm³/mol. The number of nitrogens with zero attached hydrogens (tertiary/aromatic N) is 3. The van der Waals surface area contributed by atoms with Crippen molar-refractivity contribution < 1.29 is 46.2 Å². The normalized spacial score (nSPS) is 12.9. The van der Waals surface area contributed by atoms with Crippen LogP contribution in [0.4, 0.5) is 26.7 Å². The Labute approximate surface area is 286 Å². The molecule has 0 bridgehead atoms. The number of nitrogens with one attached hydrogen (secondary N) is 1. The minimum Gasteiger partial charge on any atom is -0.481 e. The molecule has 260 valence electrons. The molecule has 0 radical (unpaired) electrons. The van der Waals surface area contributed by atoms with Crippen molar-refractivity contribution in [1.82, 2.24) is 14.5 Å². The molecule has 1 atom stereocenters. The van der Waals surface area contributed by atoms with E-state index in [2.05, 4.69) is 10.3 Å². The molecule has 49 heavy (non-hydrogen) atoms. The summed E-state index contributed by atoms with van der Waals surface area (Å²) in [6, 6.07) is 6.58. The van der Waals surface area contributed by atoms with Crippen molar-refractivity contribution in [2.75, 3.05) is 0 Å². The Balaban J connectivity index is 1.89. The van der Waals surface area contributed by atoms with E-state index in [1.165, 1.54) is 39.7 Å². The van der Waals surface area contributed by atoms with Crippen molar-refractivity contribution in [2.24, 2.45) is 12.0 Å². The zero-order valence-corrected chi connectivity index (χ0v) is 27.8. The van der Waals surface area contributed by atoms with E-state index in [-0.39, 0.29) is 39.4 Å². The van der Waals surface area contributed by atoms with Crippen LogP contribution in [0.25, 0.3) is 11.1 Å². The van der Waals surface area contributed by atoms with Crippen LogP contribution in [0.2, 0.25) is 10.0 Å². The summed E-state index contributed by atoms with van der Waals surface area (Å²) >= 11 is 12.1. The van der Waals surface area contributed by atoms with Gasteiger partial charge in [-0.2, -0.15) is 13.2 Å². The maximum absolute atomic E-state index is 16.3. The highest BCUT2D eigenvalue weighted by Gasteiger charge is 2.35. The van der Waals surface area contributed by atoms with Crippen LogP contribution in [0, 0.1) is 11.6 Å². The third-order valence-corrected chi connectivity index (χ3v) is 7.70. The zero-order chi connectivity index (χ0) is 36.4. The van der Waals surface area contributed by atoms with Crippen LogP contribution >= 0.6 is 23.2 Å². The third-order valence-electron chi connectivity index (χ3n) is 6.96. The molecule has 0 aliphatic heterocycles. The van der Waals surface area contributed by atoms with Gasteiger partial charge in [0.25, 0.3) is 5.91 Å². The summed E-state index contributed by atoms with van der Waals surface area (Å²) in [5.41, 5.74) is -4.25. The summed E-state index contributed by atoms with van der Waals surface area (Å²) < 4.78 is 80.6. The second kappa shape index (κ2) is 14.4. The zero-order valence-electron chi connectivity index (χ0n) is 26.3. The summed E-state index contributed by atoms with van der Waals surface area (Å²) in [5.74, 6) is -5.13. The van der Waals surface area contributed by atoms with Gasteiger partial charge in [0.05, 0.1) is 40.2 Å². The summed E-state index contributed by atoms with van der Waals surface area (Å²) in [7, 11) is 1.56. The fraction of sp³-hybridized carbons (Fsp3) is 0.273. The number of ether oxygens (including phenoxy) is 1. The largest absolute Gasteiger partial charge is 0.481 e. The third kappa shape index (κ3) is 9.27. The van der Waals surface area contributed by atoms with Gasteiger partial charge in [0.1, 0.15) is 17.2 Å². The highest BCUT2D eigenvalue weighted by atomic mass is 35.5. The Morgan fingerprint density at radius 3 is 2.27 bits per heavy atom. The Kier molecular flexibility index (Phi) is 10.9. The van der Waals surface area contributed by atoms with Crippen molar-refractivity contribution in [3.8, 4) is 11.1 Å². The van der Waals surface area contributed by atoms with Crippen molar-refractivity contribution in [3.05, 3.63) is 110 Å². The molecule has 0 spiro atoms. The molecule has 0 saturated heterocycles. The topological polar surface area (TPSA) is 115 Å². The summed E-state index contributed by atoms with van der Waals surface area (Å²) in [6.45, 7) is 4.67. The summed E-state index contributed by atoms with van der Waals surface area (Å²) in [4.78, 5) is 41.8. The number of imidazole rings is 1. The lowest BCUT2D eigenvalue weighted by atomic mass is 9.94. The molecule has 0 aliphatic rings. The number of hydrogen-bond acceptors (Lipinski definition) is 4. The minimum atomic E-state index is -5.11. The van der Waals surface area contributed by atoms with Crippen LogP contribution in [0.15, 0.2) is 65.9 Å². The Bertz CT molecular complexity index is 2000. The van der Waals surface area contributed by atoms with Gasteiger partial charge in [-0.3, -0.25) is 9.59 Å². The predicted octanol–water partition coefficient (Wildman–Crippen LogP) is 7.93. The SMILES string of the molecule is Cn1ccn(Cc2cc(C(=O)NC(CC(=O)O)c3ccc(Cl)c(Cl)c3)c(F)c(-c3ccc(F)cc3C(F)(F)F)c2)c1=NC(=O)OC(C)(C)C. The number of halogens is 7. The van der Waals surface area contributed by atoms with E-state index in [1.54, 1.807) is 27.8 Å². The molecule has 1 aromatic heterocycles. The molecule has 0 saturated carbocycles. The average molecular weight is 728 g/mol. The molecule has 4 rings (SSSR count). The number of carbonyl (C=O) groups excluding carboxylic acids is 2. The first-order valence-corrected chi connectivity index (χ1v) is 15.2. The monoisotopic (exact) mass is 726 g/mol. The van der Waals surface area contributed by atoms with Crippen molar-refractivity contribution in [2.45, 2.75) is 51.6 Å². The first-order valence-electron chi connectivity index (χ1n) is 14.4. The number of rotatable bonds is 8. The van der Waals surface area contributed by atoms with Gasteiger partial charge in [-0.1, -0.05) is 35.3 Å². The molecule has 2 amide bonds. The maximum atomic E-state index is 16.3. The van der Waals surface area contributed by atoms with E-state index in [1.807, 2.05) is 0 Å². The van der Waals surface area contributed by atoms with E-state index < -0.39 is 76.1 Å². The minimum absolute atomic E-state index is 0.0442. The van der Waals surface area contributed by atoms with E-state index in [9.17, 15) is 37.1 Å². The lowest BCUT2D eigenvalue weighted by Gasteiger charge is -2.20.